The molecule has 130 valence electrons. The maximum atomic E-state index is 5.67. The van der Waals surface area contributed by atoms with E-state index in [9.17, 15) is 0 Å². The van der Waals surface area contributed by atoms with Crippen molar-refractivity contribution in [3.05, 3.63) is 47.2 Å². The Labute approximate surface area is 148 Å². The minimum atomic E-state index is 0.0844. The molecule has 0 N–H and O–H groups in total. The molecule has 3 rings (SSSR count). The van der Waals surface area contributed by atoms with Gasteiger partial charge in [-0.05, 0) is 57.9 Å². The van der Waals surface area contributed by atoms with Crippen molar-refractivity contribution in [1.82, 2.24) is 15.1 Å². The molecule has 5 heteroatoms. The summed E-state index contributed by atoms with van der Waals surface area (Å²) in [7, 11) is 0. The van der Waals surface area contributed by atoms with Crippen LogP contribution in [0.2, 0.25) is 0 Å². The van der Waals surface area contributed by atoms with Gasteiger partial charge in [0.05, 0.1) is 11.7 Å². The third-order valence-electron chi connectivity index (χ3n) is 3.85. The fourth-order valence-corrected chi connectivity index (χ4v) is 2.68. The van der Waals surface area contributed by atoms with Gasteiger partial charge in [0, 0.05) is 17.3 Å². The fraction of sp³-hybridized carbons (Fsp3) is 0.350. The molecule has 25 heavy (non-hydrogen) atoms. The predicted molar refractivity (Wildman–Crippen MR) is 97.6 cm³/mol. The zero-order valence-electron chi connectivity index (χ0n) is 15.3. The highest BCUT2D eigenvalue weighted by molar-refractivity contribution is 5.61. The number of nitrogens with zero attached hydrogens (tertiary/aromatic N) is 3. The van der Waals surface area contributed by atoms with Gasteiger partial charge < -0.3 is 9.26 Å². The third-order valence-corrected chi connectivity index (χ3v) is 3.85. The van der Waals surface area contributed by atoms with E-state index in [0.29, 0.717) is 17.6 Å². The first-order valence-electron chi connectivity index (χ1n) is 8.54. The highest BCUT2D eigenvalue weighted by Gasteiger charge is 2.14. The maximum absolute atomic E-state index is 5.67. The molecule has 0 radical (unpaired) electrons. The Morgan fingerprint density at radius 3 is 2.56 bits per heavy atom. The summed E-state index contributed by atoms with van der Waals surface area (Å²) in [6, 6.07) is 8.29. The Balaban J connectivity index is 1.91. The number of ether oxygens (including phenoxy) is 1. The van der Waals surface area contributed by atoms with Gasteiger partial charge in [0.25, 0.3) is 5.89 Å². The van der Waals surface area contributed by atoms with Gasteiger partial charge >= 0.3 is 0 Å². The van der Waals surface area contributed by atoms with Gasteiger partial charge in [-0.15, -0.1) is 0 Å². The van der Waals surface area contributed by atoms with E-state index in [2.05, 4.69) is 47.2 Å². The lowest BCUT2D eigenvalue weighted by Crippen LogP contribution is -2.08. The standard InChI is InChI=1S/C20H23N3O2/c1-6-15-7-13(4)8-16(10-15)18-22-20(25-23-18)17-9-14(5)19(21-11-17)24-12(2)3/h7-12H,6H2,1-5H3. The molecule has 0 spiro atoms. The van der Waals surface area contributed by atoms with Crippen LogP contribution in [0.3, 0.4) is 0 Å². The van der Waals surface area contributed by atoms with Crippen molar-refractivity contribution < 1.29 is 9.26 Å². The maximum Gasteiger partial charge on any atom is 0.259 e. The van der Waals surface area contributed by atoms with Gasteiger partial charge in [-0.25, -0.2) is 4.98 Å². The molecule has 0 unspecified atom stereocenters. The monoisotopic (exact) mass is 337 g/mol. The number of hydrogen-bond acceptors (Lipinski definition) is 5. The summed E-state index contributed by atoms with van der Waals surface area (Å²) in [5, 5.41) is 4.13. The summed E-state index contributed by atoms with van der Waals surface area (Å²) in [4.78, 5) is 8.91. The van der Waals surface area contributed by atoms with Crippen LogP contribution in [0.5, 0.6) is 5.88 Å². The van der Waals surface area contributed by atoms with Crippen molar-refractivity contribution in [2.75, 3.05) is 0 Å². The van der Waals surface area contributed by atoms with Crippen LogP contribution in [0, 0.1) is 13.8 Å². The molecule has 0 bridgehead atoms. The van der Waals surface area contributed by atoms with Crippen LogP contribution in [-0.4, -0.2) is 21.2 Å². The van der Waals surface area contributed by atoms with Crippen LogP contribution in [-0.2, 0) is 6.42 Å². The number of aromatic nitrogens is 3. The Hall–Kier alpha value is -2.69. The van der Waals surface area contributed by atoms with E-state index < -0.39 is 0 Å². The SMILES string of the molecule is CCc1cc(C)cc(-c2noc(-c3cnc(OC(C)C)c(C)c3)n2)c1. The molecule has 1 aromatic carbocycles. The van der Waals surface area contributed by atoms with Crippen molar-refractivity contribution in [3.63, 3.8) is 0 Å². The molecule has 0 aliphatic rings. The Bertz CT molecular complexity index is 884. The third kappa shape index (κ3) is 3.87. The van der Waals surface area contributed by atoms with E-state index in [1.165, 1.54) is 11.1 Å². The van der Waals surface area contributed by atoms with Crippen LogP contribution in [0.15, 0.2) is 35.0 Å². The molecule has 0 aliphatic carbocycles. The lowest BCUT2D eigenvalue weighted by atomic mass is 10.0. The number of aryl methyl sites for hydroxylation is 3. The molecule has 0 fully saturated rings. The number of rotatable bonds is 5. The summed E-state index contributed by atoms with van der Waals surface area (Å²) < 4.78 is 11.1. The van der Waals surface area contributed by atoms with Crippen molar-refractivity contribution >= 4 is 0 Å². The van der Waals surface area contributed by atoms with Gasteiger partial charge in [-0.2, -0.15) is 4.98 Å². The number of benzene rings is 1. The van der Waals surface area contributed by atoms with E-state index in [1.54, 1.807) is 6.20 Å². The highest BCUT2D eigenvalue weighted by atomic mass is 16.5. The zero-order chi connectivity index (χ0) is 18.0. The first kappa shape index (κ1) is 17.1. The minimum Gasteiger partial charge on any atom is -0.475 e. The molecule has 2 aromatic heterocycles. The molecule has 0 saturated carbocycles. The second kappa shape index (κ2) is 7.05. The van der Waals surface area contributed by atoms with Gasteiger partial charge in [0.1, 0.15) is 0 Å². The highest BCUT2D eigenvalue weighted by Crippen LogP contribution is 2.26. The second-order valence-electron chi connectivity index (χ2n) is 6.50. The molecule has 0 saturated heterocycles. The molecule has 3 aromatic rings. The molecule has 2 heterocycles. The first-order valence-corrected chi connectivity index (χ1v) is 8.54. The zero-order valence-corrected chi connectivity index (χ0v) is 15.3. The minimum absolute atomic E-state index is 0.0844. The van der Waals surface area contributed by atoms with Gasteiger partial charge in [-0.1, -0.05) is 23.7 Å². The Morgan fingerprint density at radius 1 is 1.08 bits per heavy atom. The van der Waals surface area contributed by atoms with E-state index in [4.69, 9.17) is 9.26 Å². The van der Waals surface area contributed by atoms with Crippen molar-refractivity contribution in [3.8, 4) is 28.7 Å². The van der Waals surface area contributed by atoms with Crippen LogP contribution in [0.4, 0.5) is 0 Å². The lowest BCUT2D eigenvalue weighted by Gasteiger charge is -2.11. The van der Waals surface area contributed by atoms with Crippen molar-refractivity contribution in [1.29, 1.82) is 0 Å². The van der Waals surface area contributed by atoms with Crippen LogP contribution < -0.4 is 4.74 Å². The van der Waals surface area contributed by atoms with E-state index >= 15 is 0 Å². The van der Waals surface area contributed by atoms with Gasteiger partial charge in [0.2, 0.25) is 11.7 Å². The summed E-state index contributed by atoms with van der Waals surface area (Å²) in [6.07, 6.45) is 2.76. The smallest absolute Gasteiger partial charge is 0.259 e. The number of hydrogen-bond donors (Lipinski definition) is 0. The van der Waals surface area contributed by atoms with Gasteiger partial charge in [-0.3, -0.25) is 0 Å². The number of pyridine rings is 1. The van der Waals surface area contributed by atoms with E-state index in [1.807, 2.05) is 26.8 Å². The topological polar surface area (TPSA) is 61.0 Å². The Morgan fingerprint density at radius 2 is 1.88 bits per heavy atom. The largest absolute Gasteiger partial charge is 0.475 e. The summed E-state index contributed by atoms with van der Waals surface area (Å²) in [6.45, 7) is 10.1. The quantitative estimate of drug-likeness (QED) is 0.671. The fourth-order valence-electron chi connectivity index (χ4n) is 2.68. The second-order valence-corrected chi connectivity index (χ2v) is 6.50. The van der Waals surface area contributed by atoms with Crippen molar-refractivity contribution in [2.45, 2.75) is 47.1 Å². The van der Waals surface area contributed by atoms with Crippen LogP contribution in [0.1, 0.15) is 37.5 Å². The normalized spacial score (nSPS) is 11.1. The summed E-state index contributed by atoms with van der Waals surface area (Å²) in [5.74, 6) is 1.68. The summed E-state index contributed by atoms with van der Waals surface area (Å²) >= 11 is 0. The molecule has 5 nitrogen and oxygen atoms in total. The molecular weight excluding hydrogens is 314 g/mol. The van der Waals surface area contributed by atoms with E-state index in [0.717, 1.165) is 23.1 Å². The van der Waals surface area contributed by atoms with Gasteiger partial charge in [0.15, 0.2) is 0 Å². The van der Waals surface area contributed by atoms with Crippen LogP contribution in [0.25, 0.3) is 22.8 Å². The Kier molecular flexibility index (Phi) is 4.83. The molecule has 0 aliphatic heterocycles. The van der Waals surface area contributed by atoms with Crippen LogP contribution >= 0.6 is 0 Å². The predicted octanol–water partition coefficient (Wildman–Crippen LogP) is 4.77. The van der Waals surface area contributed by atoms with Crippen molar-refractivity contribution in [2.24, 2.45) is 0 Å². The van der Waals surface area contributed by atoms with E-state index in [-0.39, 0.29) is 6.10 Å². The summed E-state index contributed by atoms with van der Waals surface area (Å²) in [5.41, 5.74) is 5.14. The average molecular weight is 337 g/mol. The average Bonchev–Trinajstić information content (AvgIpc) is 3.06. The first-order chi connectivity index (χ1) is 12.0. The molecule has 0 amide bonds. The lowest BCUT2D eigenvalue weighted by molar-refractivity contribution is 0.231. The molecule has 0 atom stereocenters. The molecular formula is C20H23N3O2.